The highest BCUT2D eigenvalue weighted by Gasteiger charge is 2.81. The minimum Gasteiger partial charge on any atom is -0.393 e. The van der Waals surface area contributed by atoms with Crippen LogP contribution in [0, 0.1) is 16.7 Å². The highest BCUT2D eigenvalue weighted by atomic mass is 16.8. The summed E-state index contributed by atoms with van der Waals surface area (Å²) in [4.78, 5) is 0. The zero-order valence-electron chi connectivity index (χ0n) is 18.0. The Kier molecular flexibility index (Phi) is 3.91. The molecule has 2 aliphatic heterocycles. The first kappa shape index (κ1) is 20.0. The predicted molar refractivity (Wildman–Crippen MR) is 98.9 cm³/mol. The van der Waals surface area contributed by atoms with E-state index in [1.165, 1.54) is 0 Å². The lowest BCUT2D eigenvalue weighted by molar-refractivity contribution is -0.461. The SMILES string of the molecule is CC1(C)O[C@H]2C3C(C)(C)CC[C@@H]4OC(C)(C)O[C@](CO)([C@](C)(O)[C@H]2O1)[C@]34C. The number of ether oxygens (including phenoxy) is 4. The summed E-state index contributed by atoms with van der Waals surface area (Å²) in [5.41, 5.74) is -3.38. The van der Waals surface area contributed by atoms with Crippen LogP contribution >= 0.6 is 0 Å². The maximum atomic E-state index is 11.9. The normalized spacial score (nSPS) is 54.9. The second-order valence-electron chi connectivity index (χ2n) is 11.0. The van der Waals surface area contributed by atoms with Gasteiger partial charge in [0.2, 0.25) is 0 Å². The van der Waals surface area contributed by atoms with Crippen LogP contribution in [-0.2, 0) is 18.9 Å². The highest BCUT2D eigenvalue weighted by Crippen LogP contribution is 2.70. The first-order chi connectivity index (χ1) is 12.1. The van der Waals surface area contributed by atoms with Gasteiger partial charge in [0.15, 0.2) is 11.6 Å². The summed E-state index contributed by atoms with van der Waals surface area (Å²) in [6.07, 6.45) is 0.790. The molecule has 4 rings (SSSR count). The Bertz CT molecular complexity index is 641. The van der Waals surface area contributed by atoms with E-state index in [9.17, 15) is 10.2 Å². The van der Waals surface area contributed by atoms with Crippen molar-refractivity contribution in [1.82, 2.24) is 0 Å². The molecule has 2 saturated carbocycles. The van der Waals surface area contributed by atoms with E-state index < -0.39 is 34.3 Å². The van der Waals surface area contributed by atoms with Crippen LogP contribution in [0.25, 0.3) is 0 Å². The number of hydrogen-bond donors (Lipinski definition) is 2. The molecule has 4 fully saturated rings. The molecule has 156 valence electrons. The van der Waals surface area contributed by atoms with E-state index in [0.29, 0.717) is 0 Å². The fourth-order valence-corrected chi connectivity index (χ4v) is 7.05. The summed E-state index contributed by atoms with van der Waals surface area (Å²) in [6.45, 7) is 15.5. The van der Waals surface area contributed by atoms with Crippen LogP contribution in [0.4, 0.5) is 0 Å². The van der Waals surface area contributed by atoms with Crippen molar-refractivity contribution in [3.05, 3.63) is 0 Å². The summed E-state index contributed by atoms with van der Waals surface area (Å²) in [7, 11) is 0. The second-order valence-corrected chi connectivity index (χ2v) is 11.0. The molecule has 0 amide bonds. The van der Waals surface area contributed by atoms with Crippen molar-refractivity contribution in [1.29, 1.82) is 0 Å². The maximum Gasteiger partial charge on any atom is 0.164 e. The number of hydrogen-bond acceptors (Lipinski definition) is 6. The third-order valence-corrected chi connectivity index (χ3v) is 7.98. The Morgan fingerprint density at radius 2 is 1.52 bits per heavy atom. The van der Waals surface area contributed by atoms with E-state index in [4.69, 9.17) is 18.9 Å². The molecule has 7 atom stereocenters. The van der Waals surface area contributed by atoms with Gasteiger partial charge < -0.3 is 29.2 Å². The van der Waals surface area contributed by atoms with Gasteiger partial charge in [-0.25, -0.2) is 0 Å². The van der Waals surface area contributed by atoms with Crippen LogP contribution < -0.4 is 0 Å². The molecule has 2 saturated heterocycles. The molecule has 0 bridgehead atoms. The smallest absolute Gasteiger partial charge is 0.164 e. The topological polar surface area (TPSA) is 77.4 Å². The van der Waals surface area contributed by atoms with Crippen molar-refractivity contribution < 1.29 is 29.2 Å². The highest BCUT2D eigenvalue weighted by molar-refractivity contribution is 5.28. The average molecular weight is 385 g/mol. The van der Waals surface area contributed by atoms with Crippen molar-refractivity contribution in [2.75, 3.05) is 6.61 Å². The van der Waals surface area contributed by atoms with Gasteiger partial charge in [-0.1, -0.05) is 20.8 Å². The third-order valence-electron chi connectivity index (χ3n) is 7.98. The van der Waals surface area contributed by atoms with Gasteiger partial charge in [-0.3, -0.25) is 0 Å². The Labute approximate surface area is 162 Å². The van der Waals surface area contributed by atoms with E-state index in [-0.39, 0.29) is 30.1 Å². The van der Waals surface area contributed by atoms with Crippen LogP contribution in [0.2, 0.25) is 0 Å². The Hall–Kier alpha value is -0.240. The number of aliphatic hydroxyl groups is 2. The van der Waals surface area contributed by atoms with E-state index in [1.807, 2.05) is 27.7 Å². The van der Waals surface area contributed by atoms with Crippen molar-refractivity contribution >= 4 is 0 Å². The molecule has 0 radical (unpaired) electrons. The molecule has 0 aromatic carbocycles. The van der Waals surface area contributed by atoms with Crippen molar-refractivity contribution in [3.63, 3.8) is 0 Å². The minimum absolute atomic E-state index is 0.000926. The van der Waals surface area contributed by atoms with Crippen molar-refractivity contribution in [3.8, 4) is 0 Å². The fourth-order valence-electron chi connectivity index (χ4n) is 7.05. The molecule has 2 N–H and O–H groups in total. The van der Waals surface area contributed by atoms with Gasteiger partial charge in [0.05, 0.1) is 18.8 Å². The summed E-state index contributed by atoms with van der Waals surface area (Å²) in [5, 5.41) is 22.6. The molecule has 0 aromatic rings. The van der Waals surface area contributed by atoms with E-state index >= 15 is 0 Å². The fraction of sp³-hybridized carbons (Fsp3) is 1.00. The second kappa shape index (κ2) is 5.27. The number of aliphatic hydroxyl groups excluding tert-OH is 1. The molecule has 6 nitrogen and oxygen atoms in total. The van der Waals surface area contributed by atoms with Crippen molar-refractivity contribution in [2.24, 2.45) is 16.7 Å². The van der Waals surface area contributed by atoms with Crippen LogP contribution in [0.1, 0.15) is 68.2 Å². The molecular formula is C21H36O6. The lowest BCUT2D eigenvalue weighted by Crippen LogP contribution is -2.85. The van der Waals surface area contributed by atoms with Gasteiger partial charge in [-0.15, -0.1) is 0 Å². The molecular weight excluding hydrogens is 348 g/mol. The number of fused-ring (bicyclic) bond motifs is 2. The average Bonchev–Trinajstić information content (AvgIpc) is 2.82. The lowest BCUT2D eigenvalue weighted by atomic mass is 9.41. The van der Waals surface area contributed by atoms with E-state index in [0.717, 1.165) is 12.8 Å². The molecule has 0 aromatic heterocycles. The summed E-state index contributed by atoms with van der Waals surface area (Å²) >= 11 is 0. The molecule has 0 spiro atoms. The number of rotatable bonds is 1. The maximum absolute atomic E-state index is 11.9. The first-order valence-corrected chi connectivity index (χ1v) is 10.2. The zero-order valence-corrected chi connectivity index (χ0v) is 18.0. The Morgan fingerprint density at radius 3 is 2.11 bits per heavy atom. The largest absolute Gasteiger partial charge is 0.393 e. The van der Waals surface area contributed by atoms with Crippen LogP contribution in [0.5, 0.6) is 0 Å². The van der Waals surface area contributed by atoms with Gasteiger partial charge in [-0.2, -0.15) is 0 Å². The summed E-state index contributed by atoms with van der Waals surface area (Å²) in [6, 6.07) is 0. The first-order valence-electron chi connectivity index (χ1n) is 10.2. The summed E-state index contributed by atoms with van der Waals surface area (Å²) < 4.78 is 25.5. The molecule has 4 aliphatic rings. The van der Waals surface area contributed by atoms with Crippen LogP contribution in [0.15, 0.2) is 0 Å². The van der Waals surface area contributed by atoms with Gasteiger partial charge in [0, 0.05) is 11.3 Å². The molecule has 6 heteroatoms. The van der Waals surface area contributed by atoms with Crippen LogP contribution in [-0.4, -0.2) is 57.9 Å². The third kappa shape index (κ3) is 2.29. The summed E-state index contributed by atoms with van der Waals surface area (Å²) in [5.74, 6) is -1.72. The van der Waals surface area contributed by atoms with Gasteiger partial charge in [-0.05, 0) is 52.9 Å². The van der Waals surface area contributed by atoms with E-state index in [1.54, 1.807) is 6.92 Å². The van der Waals surface area contributed by atoms with Crippen molar-refractivity contribution in [2.45, 2.75) is 109 Å². The van der Waals surface area contributed by atoms with Gasteiger partial charge >= 0.3 is 0 Å². The Morgan fingerprint density at radius 1 is 0.889 bits per heavy atom. The Balaban J connectivity index is 1.99. The molecule has 2 aliphatic carbocycles. The standard InChI is InChI=1S/C21H36O6/c1-16(2)10-9-12-19(7)14(16)13-15(26-17(3,4)25-13)20(8,23)21(19,11-22)27-18(5,6)24-12/h12-15,22-23H,9-11H2,1-8H3/t12-,13-,14?,15-,19-,20+,21-/m0/s1. The van der Waals surface area contributed by atoms with Crippen LogP contribution in [0.3, 0.4) is 0 Å². The predicted octanol–water partition coefficient (Wildman–Crippen LogP) is 2.60. The monoisotopic (exact) mass is 384 g/mol. The zero-order chi connectivity index (χ0) is 20.3. The molecule has 2 heterocycles. The molecule has 1 unspecified atom stereocenters. The van der Waals surface area contributed by atoms with E-state index in [2.05, 4.69) is 20.8 Å². The lowest BCUT2D eigenvalue weighted by Gasteiger charge is -2.73. The van der Waals surface area contributed by atoms with Gasteiger partial charge in [0.25, 0.3) is 0 Å². The minimum atomic E-state index is -1.45. The quantitative estimate of drug-likeness (QED) is 0.724. The van der Waals surface area contributed by atoms with Gasteiger partial charge in [0.1, 0.15) is 17.3 Å². The molecule has 27 heavy (non-hydrogen) atoms.